The van der Waals surface area contributed by atoms with Crippen LogP contribution in [0.1, 0.15) is 86.9 Å². The Hall–Kier alpha value is -4.13. The van der Waals surface area contributed by atoms with Gasteiger partial charge in [0.25, 0.3) is 5.89 Å². The maximum atomic E-state index is 14.6. The van der Waals surface area contributed by atoms with Crippen molar-refractivity contribution in [3.63, 3.8) is 0 Å². The molecule has 0 spiro atoms. The average molecular weight is 730 g/mol. The van der Waals surface area contributed by atoms with Crippen LogP contribution in [0.25, 0.3) is 11.1 Å². The van der Waals surface area contributed by atoms with E-state index in [4.69, 9.17) is 19.6 Å². The molecule has 4 N–H and O–H groups in total. The number of nitrogens with two attached hydrogens (primary N) is 1. The van der Waals surface area contributed by atoms with Crippen LogP contribution in [0.15, 0.2) is 59.0 Å². The lowest BCUT2D eigenvalue weighted by Crippen LogP contribution is -2.54. The Bertz CT molecular complexity index is 1620. The Balaban J connectivity index is 1.21. The molecule has 3 heterocycles. The predicted octanol–water partition coefficient (Wildman–Crippen LogP) is 5.23. The van der Waals surface area contributed by atoms with Gasteiger partial charge in [0.1, 0.15) is 17.6 Å². The zero-order valence-corrected chi connectivity index (χ0v) is 30.7. The fourth-order valence-corrected chi connectivity index (χ4v) is 7.58. The molecule has 0 unspecified atom stereocenters. The molecule has 4 atom stereocenters. The number of nitrogens with one attached hydrogen (secondary N) is 2. The number of benzene rings is 2. The molecular formula is C41H55N5O7. The summed E-state index contributed by atoms with van der Waals surface area (Å²) >= 11 is 0. The number of rotatable bonds is 20. The van der Waals surface area contributed by atoms with Crippen molar-refractivity contribution in [1.82, 2.24) is 20.5 Å². The number of hydrogen-bond donors (Lipinski definition) is 3. The second kappa shape index (κ2) is 19.3. The summed E-state index contributed by atoms with van der Waals surface area (Å²) in [5.41, 5.74) is 7.91. The van der Waals surface area contributed by atoms with Crippen molar-refractivity contribution in [2.75, 3.05) is 39.4 Å². The van der Waals surface area contributed by atoms with Crippen LogP contribution in [0, 0.1) is 17.8 Å². The smallest absolute Gasteiger partial charge is 0.407 e. The van der Waals surface area contributed by atoms with Crippen LogP contribution < -0.4 is 16.4 Å². The van der Waals surface area contributed by atoms with Gasteiger partial charge in [-0.2, -0.15) is 0 Å². The van der Waals surface area contributed by atoms with E-state index in [2.05, 4.69) is 15.6 Å². The molecule has 53 heavy (non-hydrogen) atoms. The number of amides is 2. The van der Waals surface area contributed by atoms with Gasteiger partial charge in [0.15, 0.2) is 11.4 Å². The molecule has 2 amide bonds. The van der Waals surface area contributed by atoms with Crippen molar-refractivity contribution in [2.45, 2.75) is 95.2 Å². The van der Waals surface area contributed by atoms with E-state index < -0.39 is 30.2 Å². The lowest BCUT2D eigenvalue weighted by atomic mass is 9.88. The number of aromatic nitrogens is 1. The van der Waals surface area contributed by atoms with Crippen LogP contribution in [-0.2, 0) is 25.5 Å². The normalized spacial score (nSPS) is 20.3. The number of ketones is 2. The minimum Gasteiger partial charge on any atom is -0.449 e. The highest BCUT2D eigenvalue weighted by Gasteiger charge is 2.45. The van der Waals surface area contributed by atoms with Crippen LogP contribution in [0.4, 0.5) is 4.79 Å². The van der Waals surface area contributed by atoms with E-state index in [1.165, 1.54) is 0 Å². The van der Waals surface area contributed by atoms with Crippen LogP contribution >= 0.6 is 0 Å². The number of hydrogen-bond acceptors (Lipinski definition) is 10. The number of carbonyl (C=O) groups excluding carboxylic acids is 4. The fraction of sp³-hybridized carbons (Fsp3) is 0.585. The monoisotopic (exact) mass is 729 g/mol. The van der Waals surface area contributed by atoms with Gasteiger partial charge < -0.3 is 35.2 Å². The van der Waals surface area contributed by atoms with Crippen molar-refractivity contribution in [3.8, 4) is 0 Å². The quantitative estimate of drug-likeness (QED) is 0.104. The van der Waals surface area contributed by atoms with Crippen LogP contribution in [0.5, 0.6) is 0 Å². The molecule has 286 valence electrons. The van der Waals surface area contributed by atoms with Crippen LogP contribution in [0.2, 0.25) is 0 Å². The molecule has 12 nitrogen and oxygen atoms in total. The first kappa shape index (κ1) is 38.6. The highest BCUT2D eigenvalue weighted by molar-refractivity contribution is 6.00. The molecular weight excluding hydrogens is 674 g/mol. The number of likely N-dealkylation sites (tertiary alicyclic amines) is 1. The van der Waals surface area contributed by atoms with Gasteiger partial charge in [-0.25, -0.2) is 9.78 Å². The van der Waals surface area contributed by atoms with Gasteiger partial charge in [0.2, 0.25) is 11.7 Å². The summed E-state index contributed by atoms with van der Waals surface area (Å²) in [7, 11) is 0. The maximum absolute atomic E-state index is 14.6. The third kappa shape index (κ3) is 11.0. The molecule has 2 saturated heterocycles. The number of ether oxygens (including phenoxy) is 2. The summed E-state index contributed by atoms with van der Waals surface area (Å²) in [5, 5.41) is 6.24. The molecule has 6 rings (SSSR count). The van der Waals surface area contributed by atoms with E-state index in [1.54, 1.807) is 17.0 Å². The van der Waals surface area contributed by atoms with E-state index in [9.17, 15) is 19.2 Å². The highest BCUT2D eigenvalue weighted by atomic mass is 16.5. The predicted molar refractivity (Wildman–Crippen MR) is 200 cm³/mol. The number of fused-ring (bicyclic) bond motifs is 1. The topological polar surface area (TPSA) is 166 Å². The number of piperidine rings is 1. The summed E-state index contributed by atoms with van der Waals surface area (Å²) in [6.07, 6.45) is 6.95. The number of aryl methyl sites for hydroxylation is 1. The Morgan fingerprint density at radius 3 is 2.47 bits per heavy atom. The first-order chi connectivity index (χ1) is 25.9. The van der Waals surface area contributed by atoms with Crippen molar-refractivity contribution < 1.29 is 33.1 Å². The first-order valence-corrected chi connectivity index (χ1v) is 19.6. The minimum absolute atomic E-state index is 0.0271. The van der Waals surface area contributed by atoms with Crippen LogP contribution in [-0.4, -0.2) is 91.0 Å². The summed E-state index contributed by atoms with van der Waals surface area (Å²) in [6.45, 7) is 3.53. The Kier molecular flexibility index (Phi) is 14.0. The minimum atomic E-state index is -0.910. The van der Waals surface area contributed by atoms with Crippen molar-refractivity contribution >= 4 is 34.7 Å². The zero-order chi connectivity index (χ0) is 37.0. The van der Waals surface area contributed by atoms with E-state index >= 15 is 0 Å². The Morgan fingerprint density at radius 1 is 0.943 bits per heavy atom. The number of nitrogens with zero attached hydrogens (tertiary/aromatic N) is 2. The lowest BCUT2D eigenvalue weighted by Gasteiger charge is -2.31. The maximum Gasteiger partial charge on any atom is 0.407 e. The molecule has 12 heteroatoms. The second-order valence-corrected chi connectivity index (χ2v) is 14.9. The number of para-hydroxylation sites is 2. The third-order valence-electron chi connectivity index (χ3n) is 10.9. The van der Waals surface area contributed by atoms with Gasteiger partial charge in [0.05, 0.1) is 12.7 Å². The largest absolute Gasteiger partial charge is 0.449 e. The van der Waals surface area contributed by atoms with Gasteiger partial charge in [0, 0.05) is 25.5 Å². The van der Waals surface area contributed by atoms with Gasteiger partial charge >= 0.3 is 6.09 Å². The molecule has 0 radical (unpaired) electrons. The van der Waals surface area contributed by atoms with Crippen molar-refractivity contribution in [3.05, 3.63) is 66.1 Å². The molecule has 1 aliphatic carbocycles. The molecule has 1 saturated carbocycles. The number of Topliss-reactive ketones (excluding diaryl/α,β-unsaturated/α-hetero) is 2. The third-order valence-corrected chi connectivity index (χ3v) is 10.9. The summed E-state index contributed by atoms with van der Waals surface area (Å²) < 4.78 is 17.8. The number of unbranched alkanes of at least 4 members (excludes halogenated alkanes) is 1. The number of alkyl carbamates (subject to hydrolysis) is 1. The molecule has 2 aliphatic heterocycles. The fourth-order valence-electron chi connectivity index (χ4n) is 7.58. The van der Waals surface area contributed by atoms with Crippen molar-refractivity contribution in [2.24, 2.45) is 23.5 Å². The standard InChI is InChI=1S/C41H55N5O7/c42-21-7-6-10-31(38(48)39-44-32-11-4-5-12-35(32)53-39)26-34(47)37-36(51-25-20-29-17-22-43-23-18-29)19-24-46(37)40(49)33(16-15-28-8-2-1-3-9-28)45-41(50)52-27-30-13-14-30/h1-5,8-9,11-12,29-31,33,36-37,43H,6-7,10,13-27,42H2,(H,45,50)/t31-,33-,36+,37-/m1/s1. The molecule has 3 fully saturated rings. The average Bonchev–Trinajstić information content (AvgIpc) is 3.76. The van der Waals surface area contributed by atoms with Gasteiger partial charge in [-0.3, -0.25) is 14.4 Å². The number of oxazole rings is 1. The molecule has 1 aromatic heterocycles. The van der Waals surface area contributed by atoms with Gasteiger partial charge in [-0.15, -0.1) is 0 Å². The Morgan fingerprint density at radius 2 is 1.72 bits per heavy atom. The van der Waals surface area contributed by atoms with Crippen LogP contribution in [0.3, 0.4) is 0 Å². The van der Waals surface area contributed by atoms with Crippen molar-refractivity contribution in [1.29, 1.82) is 0 Å². The molecule has 0 bridgehead atoms. The molecule has 2 aromatic carbocycles. The van der Waals surface area contributed by atoms with E-state index in [0.29, 0.717) is 87.8 Å². The van der Waals surface area contributed by atoms with Gasteiger partial charge in [-0.1, -0.05) is 48.9 Å². The Labute approximate surface area is 311 Å². The summed E-state index contributed by atoms with van der Waals surface area (Å²) in [5.74, 6) is -0.761. The zero-order valence-electron chi connectivity index (χ0n) is 30.7. The number of carbonyl (C=O) groups is 4. The second-order valence-electron chi connectivity index (χ2n) is 14.9. The van der Waals surface area contributed by atoms with Gasteiger partial charge in [-0.05, 0) is 113 Å². The first-order valence-electron chi connectivity index (χ1n) is 19.6. The SMILES string of the molecule is NCCCC[C@H](CC(=O)[C@@H]1[C@@H](OCCC2CCNCC2)CCN1C(=O)[C@@H](CCc1ccccc1)NC(=O)OCC1CC1)C(=O)c1nc2ccccc2o1. The van der Waals surface area contributed by atoms with E-state index in [-0.39, 0.29) is 29.8 Å². The van der Waals surface area contributed by atoms with E-state index in [0.717, 1.165) is 50.8 Å². The molecule has 3 aliphatic rings. The highest BCUT2D eigenvalue weighted by Crippen LogP contribution is 2.31. The lowest BCUT2D eigenvalue weighted by molar-refractivity contribution is -0.142. The molecule has 3 aromatic rings. The van der Waals surface area contributed by atoms with E-state index in [1.807, 2.05) is 42.5 Å². The summed E-state index contributed by atoms with van der Waals surface area (Å²) in [6, 6.07) is 15.1. The summed E-state index contributed by atoms with van der Waals surface area (Å²) in [4.78, 5) is 62.0.